The van der Waals surface area contributed by atoms with E-state index in [-0.39, 0.29) is 18.9 Å². The highest BCUT2D eigenvalue weighted by atomic mass is 16.8. The van der Waals surface area contributed by atoms with Gasteiger partial charge < -0.3 is 89.9 Å². The number of unbranched alkanes of at least 4 members (excludes halogenated alkanes) is 56. The van der Waals surface area contributed by atoms with Gasteiger partial charge in [0.25, 0.3) is 0 Å². The van der Waals surface area contributed by atoms with Crippen molar-refractivity contribution in [3.8, 4) is 0 Å². The van der Waals surface area contributed by atoms with Crippen LogP contribution in [0.3, 0.4) is 0 Å². The summed E-state index contributed by atoms with van der Waals surface area (Å²) in [5.74, 6) is -0.234. The Bertz CT molecular complexity index is 2160. The molecule has 0 bridgehead atoms. The van der Waals surface area contributed by atoms with Crippen LogP contribution in [-0.4, -0.2) is 193 Å². The van der Waals surface area contributed by atoms with Crippen LogP contribution in [0.15, 0.2) is 36.5 Å². The van der Waals surface area contributed by atoms with Crippen LogP contribution in [0.2, 0.25) is 0 Å². The lowest BCUT2D eigenvalue weighted by Gasteiger charge is -2.48. The molecule has 660 valence electrons. The quantitative estimate of drug-likeness (QED) is 0.0199. The van der Waals surface area contributed by atoms with Crippen LogP contribution in [-0.2, 0) is 33.2 Å². The number of aliphatic hydroxyl groups excluding tert-OH is 11. The monoisotopic (exact) mass is 1590 g/mol. The molecule has 3 aliphatic rings. The molecule has 0 aromatic rings. The van der Waals surface area contributed by atoms with Gasteiger partial charge in [-0.3, -0.25) is 4.79 Å². The van der Waals surface area contributed by atoms with E-state index in [0.29, 0.717) is 12.8 Å². The summed E-state index contributed by atoms with van der Waals surface area (Å²) in [5, 5.41) is 121. The predicted octanol–water partition coefficient (Wildman–Crippen LogP) is 18.6. The fourth-order valence-electron chi connectivity index (χ4n) is 16.2. The number of carbonyl (C=O) groups is 1. The summed E-state index contributed by atoms with van der Waals surface area (Å²) in [4.78, 5) is 13.6. The van der Waals surface area contributed by atoms with Crippen molar-refractivity contribution in [2.75, 3.05) is 26.4 Å². The summed E-state index contributed by atoms with van der Waals surface area (Å²) < 4.78 is 34.6. The minimum atomic E-state index is -1.97. The zero-order valence-electron chi connectivity index (χ0n) is 71.4. The van der Waals surface area contributed by atoms with Crippen LogP contribution >= 0.6 is 0 Å². The van der Waals surface area contributed by atoms with Crippen molar-refractivity contribution in [3.05, 3.63) is 36.5 Å². The molecule has 0 saturated carbocycles. The first-order valence-electron chi connectivity index (χ1n) is 47.2. The van der Waals surface area contributed by atoms with Gasteiger partial charge in [0.2, 0.25) is 5.91 Å². The number of carbonyl (C=O) groups excluding carboxylic acids is 1. The van der Waals surface area contributed by atoms with Crippen LogP contribution in [0.25, 0.3) is 0 Å². The summed E-state index contributed by atoms with van der Waals surface area (Å²) >= 11 is 0. The van der Waals surface area contributed by atoms with Gasteiger partial charge >= 0.3 is 0 Å². The summed E-state index contributed by atoms with van der Waals surface area (Å²) in [5.41, 5.74) is 0. The van der Waals surface area contributed by atoms with Gasteiger partial charge in [-0.2, -0.15) is 0 Å². The molecule has 17 unspecified atom stereocenters. The number of allylic oxidation sites excluding steroid dienone is 6. The topological polar surface area (TPSA) is 307 Å². The Labute approximate surface area is 682 Å². The molecular weight excluding hydrogens is 1420 g/mol. The van der Waals surface area contributed by atoms with Gasteiger partial charge in [-0.25, -0.2) is 0 Å². The van der Waals surface area contributed by atoms with E-state index in [2.05, 4.69) is 55.6 Å². The second kappa shape index (κ2) is 73.0. The molecule has 112 heavy (non-hydrogen) atoms. The zero-order valence-corrected chi connectivity index (χ0v) is 71.4. The second-order valence-corrected chi connectivity index (χ2v) is 33.8. The number of nitrogens with one attached hydrogen (secondary N) is 1. The molecule has 3 heterocycles. The Hall–Kier alpha value is -1.99. The van der Waals surface area contributed by atoms with Crippen molar-refractivity contribution in [2.24, 2.45) is 0 Å². The highest BCUT2D eigenvalue weighted by Crippen LogP contribution is 2.34. The minimum absolute atomic E-state index is 0.234. The van der Waals surface area contributed by atoms with Crippen LogP contribution in [0.5, 0.6) is 0 Å². The first-order chi connectivity index (χ1) is 54.8. The Morgan fingerprint density at radius 1 is 0.321 bits per heavy atom. The smallest absolute Gasteiger partial charge is 0.220 e. The van der Waals surface area contributed by atoms with E-state index < -0.39 is 124 Å². The summed E-state index contributed by atoms with van der Waals surface area (Å²) in [7, 11) is 0. The molecule has 0 aromatic carbocycles. The first kappa shape index (κ1) is 104. The summed E-state index contributed by atoms with van der Waals surface area (Å²) in [6.45, 7) is 1.87. The number of amides is 1. The fourth-order valence-corrected chi connectivity index (χ4v) is 16.2. The maximum absolute atomic E-state index is 13.6. The van der Waals surface area contributed by atoms with Gasteiger partial charge in [-0.05, 0) is 51.4 Å². The molecule has 3 saturated heterocycles. The average Bonchev–Trinajstić information content (AvgIpc) is 0.782. The maximum atomic E-state index is 13.6. The maximum Gasteiger partial charge on any atom is 0.220 e. The number of aliphatic hydroxyl groups is 11. The molecule has 12 N–H and O–H groups in total. The minimum Gasteiger partial charge on any atom is -0.394 e. The van der Waals surface area contributed by atoms with Crippen molar-refractivity contribution in [1.82, 2.24) is 5.32 Å². The van der Waals surface area contributed by atoms with Crippen molar-refractivity contribution in [2.45, 2.75) is 523 Å². The molecule has 0 aromatic heterocycles. The third kappa shape index (κ3) is 50.8. The van der Waals surface area contributed by atoms with E-state index in [1.165, 1.54) is 327 Å². The Morgan fingerprint density at radius 3 is 0.920 bits per heavy atom. The lowest BCUT2D eigenvalue weighted by atomic mass is 9.96. The third-order valence-corrected chi connectivity index (χ3v) is 23.7. The highest BCUT2D eigenvalue weighted by Gasteiger charge is 2.54. The van der Waals surface area contributed by atoms with E-state index >= 15 is 0 Å². The van der Waals surface area contributed by atoms with E-state index in [1.807, 2.05) is 0 Å². The molecule has 3 fully saturated rings. The Balaban J connectivity index is 1.30. The molecule has 0 radical (unpaired) electrons. The number of hydrogen-bond acceptors (Lipinski definition) is 18. The van der Waals surface area contributed by atoms with E-state index in [1.54, 1.807) is 0 Å². The van der Waals surface area contributed by atoms with Crippen LogP contribution in [0.4, 0.5) is 0 Å². The fraction of sp³-hybridized carbons (Fsp3) is 0.925. The van der Waals surface area contributed by atoms with Gasteiger partial charge in [-0.1, -0.05) is 397 Å². The van der Waals surface area contributed by atoms with Gasteiger partial charge in [0, 0.05) is 6.42 Å². The second-order valence-electron chi connectivity index (χ2n) is 33.8. The lowest BCUT2D eigenvalue weighted by molar-refractivity contribution is -0.379. The highest BCUT2D eigenvalue weighted by molar-refractivity contribution is 5.76. The summed E-state index contributed by atoms with van der Waals surface area (Å²) in [6.07, 6.45) is 66.9. The van der Waals surface area contributed by atoms with Gasteiger partial charge in [0.15, 0.2) is 18.9 Å². The number of hydrogen-bond donors (Lipinski definition) is 12. The van der Waals surface area contributed by atoms with Gasteiger partial charge in [-0.15, -0.1) is 0 Å². The first-order valence-corrected chi connectivity index (χ1v) is 47.2. The van der Waals surface area contributed by atoms with Gasteiger partial charge in [0.1, 0.15) is 73.2 Å². The molecule has 1 amide bonds. The van der Waals surface area contributed by atoms with Gasteiger partial charge in [0.05, 0.1) is 38.6 Å². The van der Waals surface area contributed by atoms with E-state index in [0.717, 1.165) is 57.8 Å². The largest absolute Gasteiger partial charge is 0.394 e. The van der Waals surface area contributed by atoms with Crippen molar-refractivity contribution < 1.29 is 89.4 Å². The number of rotatable bonds is 78. The molecule has 19 nitrogen and oxygen atoms in total. The molecule has 3 aliphatic heterocycles. The van der Waals surface area contributed by atoms with Crippen LogP contribution in [0.1, 0.15) is 418 Å². The predicted molar refractivity (Wildman–Crippen MR) is 453 cm³/mol. The normalized spacial score (nSPS) is 25.0. The Morgan fingerprint density at radius 2 is 0.589 bits per heavy atom. The molecule has 19 heteroatoms. The third-order valence-electron chi connectivity index (χ3n) is 23.7. The molecule has 0 spiro atoms. The van der Waals surface area contributed by atoms with Crippen LogP contribution in [0, 0.1) is 0 Å². The van der Waals surface area contributed by atoms with Crippen molar-refractivity contribution >= 4 is 5.91 Å². The molecule has 17 atom stereocenters. The molecule has 0 aliphatic carbocycles. The lowest BCUT2D eigenvalue weighted by Crippen LogP contribution is -2.66. The summed E-state index contributed by atoms with van der Waals surface area (Å²) in [6, 6.07) is -0.888. The standard InChI is InChI=1S/C93H175NO18/c1-3-5-7-9-11-13-15-17-19-21-23-25-27-29-31-33-35-37-38-39-41-43-45-47-49-51-53-55-57-59-61-63-65-67-69-71-81(99)94-76(77(98)70-68-66-64-62-60-58-56-54-52-50-48-46-44-42-40-36-34-32-30-28-26-24-22-20-18-16-14-12-10-8-6-4-2)75-107-91-87(105)84(102)89(79(73-96)109-91)112-93-88(106)85(103)90(80(74-97)110-93)111-92-86(104)83(101)82(100)78(72-95)108-92/h15,17,21,23,27,29,76-80,82-93,95-98,100-106H,3-14,16,18-20,22,24-26,28,30-75H2,1-2H3,(H,94,99)/b17-15-,23-21-,29-27-. The van der Waals surface area contributed by atoms with E-state index in [9.17, 15) is 61.0 Å². The SMILES string of the molecule is CCCCCCC/C=C\C/C=C\C/C=C\CCCCCCCCCCCCCCCCCCCCCCC(=O)NC(COC1OC(CO)C(OC2OC(CO)C(OC3OC(CO)C(O)C(O)C3O)C(O)C2O)C(O)C1O)C(O)CCCCCCCCCCCCCCCCCCCCCCCCCCCCCCCCCC. The molecular formula is C93H175NO18. The van der Waals surface area contributed by atoms with Crippen molar-refractivity contribution in [3.63, 3.8) is 0 Å². The molecule has 3 rings (SSSR count). The van der Waals surface area contributed by atoms with E-state index in [4.69, 9.17) is 28.4 Å². The van der Waals surface area contributed by atoms with Crippen molar-refractivity contribution in [1.29, 1.82) is 0 Å². The zero-order chi connectivity index (χ0) is 81.0. The van der Waals surface area contributed by atoms with Crippen LogP contribution < -0.4 is 5.32 Å². The Kier molecular flexibility index (Phi) is 67.9. The number of ether oxygens (including phenoxy) is 6. The average molecular weight is 1600 g/mol.